The fraction of sp³-hybridized carbons (Fsp3) is 0.600. The maximum Gasteiger partial charge on any atom is 0.250 e. The molecule has 0 saturated heterocycles. The number of hydrogen-bond donors (Lipinski definition) is 1. The number of nitrogens with one attached hydrogen (secondary N) is 1. The van der Waals surface area contributed by atoms with Crippen molar-refractivity contribution in [2.24, 2.45) is 16.4 Å². The van der Waals surface area contributed by atoms with Gasteiger partial charge in [0.15, 0.2) is 0 Å². The summed E-state index contributed by atoms with van der Waals surface area (Å²) < 4.78 is 0. The summed E-state index contributed by atoms with van der Waals surface area (Å²) in [6.45, 7) is 9.02. The molecule has 0 unspecified atom stereocenters. The van der Waals surface area contributed by atoms with Crippen LogP contribution < -0.4 is 5.43 Å². The van der Waals surface area contributed by atoms with Gasteiger partial charge in [-0.25, -0.2) is 5.43 Å². The lowest BCUT2D eigenvalue weighted by molar-refractivity contribution is -0.118. The number of carbonyl (C=O) groups is 1. The number of benzene rings is 1. The molecule has 0 atom stereocenters. The Bertz CT molecular complexity index is 562. The molecule has 2 rings (SSSR count). The number of hydrogen-bond acceptors (Lipinski definition) is 3. The van der Waals surface area contributed by atoms with Crippen molar-refractivity contribution >= 4 is 23.4 Å². The van der Waals surface area contributed by atoms with Crippen LogP contribution in [0, 0.1) is 18.3 Å². The summed E-state index contributed by atoms with van der Waals surface area (Å²) in [5, 5.41) is 4.34. The Balaban J connectivity index is 1.67. The van der Waals surface area contributed by atoms with Gasteiger partial charge in [0.1, 0.15) is 0 Å². The molecular weight excluding hydrogens is 316 g/mol. The van der Waals surface area contributed by atoms with E-state index >= 15 is 0 Å². The number of rotatable bonds is 5. The van der Waals surface area contributed by atoms with Gasteiger partial charge in [0.05, 0.1) is 5.75 Å². The fourth-order valence-corrected chi connectivity index (χ4v) is 3.83. The molecule has 132 valence electrons. The predicted molar refractivity (Wildman–Crippen MR) is 104 cm³/mol. The van der Waals surface area contributed by atoms with Crippen LogP contribution in [0.2, 0.25) is 0 Å². The highest BCUT2D eigenvalue weighted by atomic mass is 32.2. The SMILES string of the molecule is Cc1ccc(CSCC(=O)NN=C2CCC(C(C)(C)C)CC2)cc1. The van der Waals surface area contributed by atoms with Crippen molar-refractivity contribution in [3.8, 4) is 0 Å². The lowest BCUT2D eigenvalue weighted by Gasteiger charge is -2.34. The summed E-state index contributed by atoms with van der Waals surface area (Å²) >= 11 is 1.63. The minimum absolute atomic E-state index is 0.00226. The molecule has 0 bridgehead atoms. The smallest absolute Gasteiger partial charge is 0.250 e. The number of aryl methyl sites for hydroxylation is 1. The summed E-state index contributed by atoms with van der Waals surface area (Å²) in [6.07, 6.45) is 4.39. The van der Waals surface area contributed by atoms with Crippen LogP contribution >= 0.6 is 11.8 Å². The molecule has 1 amide bonds. The van der Waals surface area contributed by atoms with Crippen LogP contribution in [0.25, 0.3) is 0 Å². The van der Waals surface area contributed by atoms with Gasteiger partial charge in [0.2, 0.25) is 5.91 Å². The first-order chi connectivity index (χ1) is 11.3. The maximum absolute atomic E-state index is 11.9. The molecule has 1 saturated carbocycles. The van der Waals surface area contributed by atoms with Crippen LogP contribution in [0.15, 0.2) is 29.4 Å². The van der Waals surface area contributed by atoms with E-state index in [9.17, 15) is 4.79 Å². The monoisotopic (exact) mass is 346 g/mol. The second-order valence-corrected chi connectivity index (χ2v) is 8.82. The van der Waals surface area contributed by atoms with Crippen LogP contribution in [-0.4, -0.2) is 17.4 Å². The molecule has 3 nitrogen and oxygen atoms in total. The van der Waals surface area contributed by atoms with Crippen molar-refractivity contribution in [1.29, 1.82) is 0 Å². The predicted octanol–water partition coefficient (Wildman–Crippen LogP) is 4.94. The third kappa shape index (κ3) is 6.31. The average molecular weight is 347 g/mol. The molecule has 1 aliphatic carbocycles. The van der Waals surface area contributed by atoms with Gasteiger partial charge in [-0.2, -0.15) is 5.10 Å². The van der Waals surface area contributed by atoms with E-state index < -0.39 is 0 Å². The van der Waals surface area contributed by atoms with Crippen molar-refractivity contribution in [2.45, 2.75) is 59.1 Å². The Hall–Kier alpha value is -1.29. The van der Waals surface area contributed by atoms with E-state index in [1.807, 2.05) is 0 Å². The standard InChI is InChI=1S/C20H30N2OS/c1-15-5-7-16(8-6-15)13-24-14-19(23)22-21-18-11-9-17(10-12-18)20(2,3)4/h5-8,17H,9-14H2,1-4H3,(H,22,23). The minimum Gasteiger partial charge on any atom is -0.272 e. The van der Waals surface area contributed by atoms with Gasteiger partial charge in [0, 0.05) is 11.5 Å². The van der Waals surface area contributed by atoms with E-state index in [0.29, 0.717) is 11.2 Å². The van der Waals surface area contributed by atoms with Crippen LogP contribution in [0.4, 0.5) is 0 Å². The van der Waals surface area contributed by atoms with Crippen LogP contribution in [0.3, 0.4) is 0 Å². The Morgan fingerprint density at radius 2 is 1.83 bits per heavy atom. The highest BCUT2D eigenvalue weighted by Crippen LogP contribution is 2.36. The van der Waals surface area contributed by atoms with E-state index in [0.717, 1.165) is 30.2 Å². The molecule has 24 heavy (non-hydrogen) atoms. The van der Waals surface area contributed by atoms with Crippen molar-refractivity contribution in [2.75, 3.05) is 5.75 Å². The van der Waals surface area contributed by atoms with Gasteiger partial charge >= 0.3 is 0 Å². The Morgan fingerprint density at radius 1 is 1.21 bits per heavy atom. The van der Waals surface area contributed by atoms with Crippen molar-refractivity contribution < 1.29 is 4.79 Å². The molecule has 1 N–H and O–H groups in total. The Kier molecular flexibility index (Phi) is 6.90. The number of amides is 1. The van der Waals surface area contributed by atoms with E-state index in [-0.39, 0.29) is 5.91 Å². The molecule has 1 fully saturated rings. The lowest BCUT2D eigenvalue weighted by Crippen LogP contribution is -2.28. The molecule has 0 radical (unpaired) electrons. The van der Waals surface area contributed by atoms with Gasteiger partial charge in [-0.3, -0.25) is 4.79 Å². The average Bonchev–Trinajstić information content (AvgIpc) is 2.54. The third-order valence-corrected chi connectivity index (χ3v) is 5.75. The molecular formula is C20H30N2OS. The molecule has 0 aliphatic heterocycles. The first-order valence-electron chi connectivity index (χ1n) is 8.82. The molecule has 4 heteroatoms. The van der Waals surface area contributed by atoms with Crippen LogP contribution in [0.5, 0.6) is 0 Å². The number of hydrazone groups is 1. The summed E-state index contributed by atoms with van der Waals surface area (Å²) in [4.78, 5) is 11.9. The Morgan fingerprint density at radius 3 is 2.42 bits per heavy atom. The van der Waals surface area contributed by atoms with E-state index in [1.165, 1.54) is 24.0 Å². The molecule has 0 aromatic heterocycles. The van der Waals surface area contributed by atoms with Crippen molar-refractivity contribution in [3.63, 3.8) is 0 Å². The molecule has 1 aromatic rings. The molecule has 0 heterocycles. The van der Waals surface area contributed by atoms with Gasteiger partial charge in [-0.1, -0.05) is 50.6 Å². The van der Waals surface area contributed by atoms with E-state index in [4.69, 9.17) is 0 Å². The number of carbonyl (C=O) groups excluding carboxylic acids is 1. The third-order valence-electron chi connectivity index (χ3n) is 4.75. The van der Waals surface area contributed by atoms with Gasteiger partial charge in [0.25, 0.3) is 0 Å². The van der Waals surface area contributed by atoms with Gasteiger partial charge in [-0.15, -0.1) is 11.8 Å². The van der Waals surface area contributed by atoms with E-state index in [1.54, 1.807) is 11.8 Å². The molecule has 1 aliphatic rings. The minimum atomic E-state index is -0.00226. The van der Waals surface area contributed by atoms with Crippen LogP contribution in [0.1, 0.15) is 57.6 Å². The zero-order chi connectivity index (χ0) is 17.6. The lowest BCUT2D eigenvalue weighted by atomic mass is 9.72. The highest BCUT2D eigenvalue weighted by molar-refractivity contribution is 7.99. The van der Waals surface area contributed by atoms with Crippen molar-refractivity contribution in [3.05, 3.63) is 35.4 Å². The van der Waals surface area contributed by atoms with Crippen molar-refractivity contribution in [1.82, 2.24) is 5.43 Å². The number of nitrogens with zero attached hydrogens (tertiary/aromatic N) is 1. The maximum atomic E-state index is 11.9. The van der Waals surface area contributed by atoms with Gasteiger partial charge in [-0.05, 0) is 49.5 Å². The summed E-state index contributed by atoms with van der Waals surface area (Å²) in [5.41, 5.74) is 6.77. The first-order valence-corrected chi connectivity index (χ1v) is 9.97. The van der Waals surface area contributed by atoms with E-state index in [2.05, 4.69) is 62.5 Å². The molecule has 1 aromatic carbocycles. The highest BCUT2D eigenvalue weighted by Gasteiger charge is 2.28. The molecule has 0 spiro atoms. The second kappa shape index (κ2) is 8.70. The zero-order valence-corrected chi connectivity index (χ0v) is 16.2. The largest absolute Gasteiger partial charge is 0.272 e. The van der Waals surface area contributed by atoms with Gasteiger partial charge < -0.3 is 0 Å². The first kappa shape index (κ1) is 19.0. The number of thioether (sulfide) groups is 1. The summed E-state index contributed by atoms with van der Waals surface area (Å²) in [6, 6.07) is 8.45. The quantitative estimate of drug-likeness (QED) is 0.768. The van der Waals surface area contributed by atoms with Crippen LogP contribution in [-0.2, 0) is 10.5 Å². The summed E-state index contributed by atoms with van der Waals surface area (Å²) in [7, 11) is 0. The second-order valence-electron chi connectivity index (χ2n) is 7.83. The topological polar surface area (TPSA) is 41.5 Å². The summed E-state index contributed by atoms with van der Waals surface area (Å²) in [5.74, 6) is 2.07. The zero-order valence-electron chi connectivity index (χ0n) is 15.4. The Labute approximate surface area is 150 Å². The normalized spacial score (nSPS) is 18.3. The fourth-order valence-electron chi connectivity index (χ4n) is 3.05.